The van der Waals surface area contributed by atoms with Gasteiger partial charge in [-0.1, -0.05) is 29.3 Å². The lowest BCUT2D eigenvalue weighted by Gasteiger charge is -2.16. The highest BCUT2D eigenvalue weighted by molar-refractivity contribution is 6.35. The van der Waals surface area contributed by atoms with Gasteiger partial charge in [-0.15, -0.1) is 0 Å². The van der Waals surface area contributed by atoms with Crippen LogP contribution in [0.3, 0.4) is 0 Å². The van der Waals surface area contributed by atoms with Crippen LogP contribution < -0.4 is 5.32 Å². The molecule has 0 aliphatic carbocycles. The molecule has 106 valence electrons. The number of amides is 2. The quantitative estimate of drug-likeness (QED) is 0.794. The number of nitrogens with one attached hydrogen (secondary N) is 1. The zero-order valence-corrected chi connectivity index (χ0v) is 12.3. The molecule has 0 fully saturated rings. The van der Waals surface area contributed by atoms with Crippen molar-refractivity contribution < 1.29 is 9.90 Å². The number of likely N-dealkylation sites (N-methyl/N-ethyl adjacent to an activating group) is 1. The average molecular weight is 305 g/mol. The van der Waals surface area contributed by atoms with Gasteiger partial charge in [0.2, 0.25) is 0 Å². The van der Waals surface area contributed by atoms with Crippen molar-refractivity contribution in [1.29, 1.82) is 0 Å². The van der Waals surface area contributed by atoms with Crippen molar-refractivity contribution in [3.8, 4) is 0 Å². The van der Waals surface area contributed by atoms with E-state index in [1.165, 1.54) is 4.90 Å². The predicted octanol–water partition coefficient (Wildman–Crippen LogP) is 2.56. The zero-order chi connectivity index (χ0) is 14.3. The van der Waals surface area contributed by atoms with Gasteiger partial charge in [-0.3, -0.25) is 0 Å². The summed E-state index contributed by atoms with van der Waals surface area (Å²) in [7, 11) is 1.64. The van der Waals surface area contributed by atoms with Crippen LogP contribution in [-0.4, -0.2) is 42.8 Å². The third kappa shape index (κ3) is 5.68. The molecule has 2 N–H and O–H groups in total. The van der Waals surface area contributed by atoms with Crippen LogP contribution in [0.1, 0.15) is 12.0 Å². The minimum Gasteiger partial charge on any atom is -0.395 e. The summed E-state index contributed by atoms with van der Waals surface area (Å²) in [5, 5.41) is 12.8. The number of aryl methyl sites for hydroxylation is 1. The summed E-state index contributed by atoms with van der Waals surface area (Å²) < 4.78 is 0. The van der Waals surface area contributed by atoms with Gasteiger partial charge in [-0.25, -0.2) is 4.79 Å². The molecule has 4 nitrogen and oxygen atoms in total. The number of aliphatic hydroxyl groups is 1. The maximum atomic E-state index is 11.5. The van der Waals surface area contributed by atoms with E-state index in [4.69, 9.17) is 28.3 Å². The third-order valence-electron chi connectivity index (χ3n) is 2.70. The summed E-state index contributed by atoms with van der Waals surface area (Å²) in [5.41, 5.74) is 1.02. The van der Waals surface area contributed by atoms with Gasteiger partial charge in [-0.2, -0.15) is 0 Å². The first-order chi connectivity index (χ1) is 9.04. The Morgan fingerprint density at radius 3 is 2.79 bits per heavy atom. The highest BCUT2D eigenvalue weighted by atomic mass is 35.5. The van der Waals surface area contributed by atoms with E-state index in [9.17, 15) is 4.79 Å². The summed E-state index contributed by atoms with van der Waals surface area (Å²) >= 11 is 11.9. The molecule has 0 spiro atoms. The van der Waals surface area contributed by atoms with E-state index in [0.717, 1.165) is 18.4 Å². The second kappa shape index (κ2) is 8.25. The molecular weight excluding hydrogens is 287 g/mol. The van der Waals surface area contributed by atoms with Crippen LogP contribution in [0, 0.1) is 0 Å². The SMILES string of the molecule is CN(CCO)C(=O)NCCCc1ccc(Cl)cc1Cl. The van der Waals surface area contributed by atoms with E-state index >= 15 is 0 Å². The maximum absolute atomic E-state index is 11.5. The molecule has 0 heterocycles. The number of urea groups is 1. The van der Waals surface area contributed by atoms with Crippen molar-refractivity contribution in [2.24, 2.45) is 0 Å². The Balaban J connectivity index is 2.29. The minimum atomic E-state index is -0.184. The lowest BCUT2D eigenvalue weighted by molar-refractivity contribution is 0.190. The highest BCUT2D eigenvalue weighted by Gasteiger charge is 2.06. The smallest absolute Gasteiger partial charge is 0.317 e. The molecule has 1 rings (SSSR count). The van der Waals surface area contributed by atoms with E-state index < -0.39 is 0 Å². The molecule has 0 aliphatic rings. The van der Waals surface area contributed by atoms with Crippen molar-refractivity contribution in [1.82, 2.24) is 10.2 Å². The Morgan fingerprint density at radius 1 is 1.42 bits per heavy atom. The van der Waals surface area contributed by atoms with Gasteiger partial charge in [0, 0.05) is 30.2 Å². The lowest BCUT2D eigenvalue weighted by atomic mass is 10.1. The topological polar surface area (TPSA) is 52.6 Å². The van der Waals surface area contributed by atoms with E-state index in [2.05, 4.69) is 5.32 Å². The second-order valence-electron chi connectivity index (χ2n) is 4.22. The molecule has 19 heavy (non-hydrogen) atoms. The van der Waals surface area contributed by atoms with Crippen molar-refractivity contribution >= 4 is 29.2 Å². The Bertz CT molecular complexity index is 427. The van der Waals surface area contributed by atoms with Gasteiger partial charge in [0.1, 0.15) is 0 Å². The van der Waals surface area contributed by atoms with Crippen LogP contribution in [0.5, 0.6) is 0 Å². The van der Waals surface area contributed by atoms with E-state index in [1.54, 1.807) is 19.2 Å². The van der Waals surface area contributed by atoms with Crippen LogP contribution in [-0.2, 0) is 6.42 Å². The molecule has 0 unspecified atom stereocenters. The summed E-state index contributed by atoms with van der Waals surface area (Å²) in [6.07, 6.45) is 1.57. The first kappa shape index (κ1) is 16.1. The fourth-order valence-electron chi connectivity index (χ4n) is 1.59. The molecule has 1 aromatic carbocycles. The number of benzene rings is 1. The van der Waals surface area contributed by atoms with Crippen LogP contribution in [0.15, 0.2) is 18.2 Å². The van der Waals surface area contributed by atoms with Crippen LogP contribution in [0.2, 0.25) is 10.0 Å². The number of hydrogen-bond acceptors (Lipinski definition) is 2. The molecule has 6 heteroatoms. The molecule has 0 atom stereocenters. The molecule has 0 aromatic heterocycles. The summed E-state index contributed by atoms with van der Waals surface area (Å²) in [6, 6.07) is 5.23. The Morgan fingerprint density at radius 2 is 2.16 bits per heavy atom. The molecular formula is C13H18Cl2N2O2. The predicted molar refractivity (Wildman–Crippen MR) is 77.9 cm³/mol. The van der Waals surface area contributed by atoms with Gasteiger partial charge in [0.05, 0.1) is 6.61 Å². The number of carbonyl (C=O) groups is 1. The van der Waals surface area contributed by atoms with Crippen LogP contribution in [0.4, 0.5) is 4.79 Å². The molecule has 0 aliphatic heterocycles. The van der Waals surface area contributed by atoms with Gasteiger partial charge in [0.15, 0.2) is 0 Å². The minimum absolute atomic E-state index is 0.0374. The molecule has 0 saturated carbocycles. The summed E-state index contributed by atoms with van der Waals surface area (Å²) in [4.78, 5) is 13.0. The standard InChI is InChI=1S/C13H18Cl2N2O2/c1-17(7-8-18)13(19)16-6-2-3-10-4-5-11(14)9-12(10)15/h4-5,9,18H,2-3,6-8H2,1H3,(H,16,19). The number of rotatable bonds is 6. The molecule has 1 aromatic rings. The van der Waals surface area contributed by atoms with Crippen molar-refractivity contribution in [3.05, 3.63) is 33.8 Å². The second-order valence-corrected chi connectivity index (χ2v) is 5.06. The van der Waals surface area contributed by atoms with E-state index in [1.807, 2.05) is 6.07 Å². The summed E-state index contributed by atoms with van der Waals surface area (Å²) in [6.45, 7) is 0.854. The Hall–Kier alpha value is -0.970. The van der Waals surface area contributed by atoms with Crippen molar-refractivity contribution in [3.63, 3.8) is 0 Å². The molecule has 0 bridgehead atoms. The van der Waals surface area contributed by atoms with Crippen LogP contribution in [0.25, 0.3) is 0 Å². The maximum Gasteiger partial charge on any atom is 0.317 e. The highest BCUT2D eigenvalue weighted by Crippen LogP contribution is 2.21. The van der Waals surface area contributed by atoms with Crippen LogP contribution >= 0.6 is 23.2 Å². The molecule has 2 amide bonds. The lowest BCUT2D eigenvalue weighted by Crippen LogP contribution is -2.39. The van der Waals surface area contributed by atoms with Crippen molar-refractivity contribution in [2.45, 2.75) is 12.8 Å². The number of nitrogens with zero attached hydrogens (tertiary/aromatic N) is 1. The average Bonchev–Trinajstić information content (AvgIpc) is 2.36. The van der Waals surface area contributed by atoms with E-state index in [-0.39, 0.29) is 12.6 Å². The largest absolute Gasteiger partial charge is 0.395 e. The van der Waals surface area contributed by atoms with Gasteiger partial charge >= 0.3 is 6.03 Å². The van der Waals surface area contributed by atoms with Gasteiger partial charge < -0.3 is 15.3 Å². The number of hydrogen-bond donors (Lipinski definition) is 2. The fourth-order valence-corrected chi connectivity index (χ4v) is 2.09. The first-order valence-electron chi connectivity index (χ1n) is 6.08. The number of halogens is 2. The number of aliphatic hydroxyl groups excluding tert-OH is 1. The third-order valence-corrected chi connectivity index (χ3v) is 3.28. The monoisotopic (exact) mass is 304 g/mol. The Kier molecular flexibility index (Phi) is 6.99. The van der Waals surface area contributed by atoms with Gasteiger partial charge in [0.25, 0.3) is 0 Å². The van der Waals surface area contributed by atoms with Gasteiger partial charge in [-0.05, 0) is 30.5 Å². The molecule has 0 radical (unpaired) electrons. The number of carbonyl (C=O) groups excluding carboxylic acids is 1. The first-order valence-corrected chi connectivity index (χ1v) is 6.84. The van der Waals surface area contributed by atoms with Crippen molar-refractivity contribution in [2.75, 3.05) is 26.7 Å². The van der Waals surface area contributed by atoms with E-state index in [0.29, 0.717) is 23.1 Å². The summed E-state index contributed by atoms with van der Waals surface area (Å²) in [5.74, 6) is 0. The fraction of sp³-hybridized carbons (Fsp3) is 0.462. The normalized spacial score (nSPS) is 10.3. The Labute approximate surface area is 123 Å². The molecule has 0 saturated heterocycles. The zero-order valence-electron chi connectivity index (χ0n) is 10.8.